The number of halogens is 2. The number of nitrogens with one attached hydrogen (secondary N) is 1. The number of carbonyl (C=O) groups is 1. The van der Waals surface area contributed by atoms with E-state index in [0.29, 0.717) is 32.3 Å². The van der Waals surface area contributed by atoms with Crippen LogP contribution in [-0.2, 0) is 12.3 Å². The van der Waals surface area contributed by atoms with E-state index in [1.807, 2.05) is 41.8 Å². The van der Waals surface area contributed by atoms with Crippen LogP contribution in [0.4, 0.5) is 0 Å². The van der Waals surface area contributed by atoms with Crippen molar-refractivity contribution in [3.05, 3.63) is 105 Å². The highest BCUT2D eigenvalue weighted by atomic mass is 35.5. The van der Waals surface area contributed by atoms with Crippen molar-refractivity contribution in [1.29, 1.82) is 0 Å². The van der Waals surface area contributed by atoms with Crippen molar-refractivity contribution in [1.82, 2.24) is 20.1 Å². The molecule has 0 aliphatic heterocycles. The molecule has 1 aromatic heterocycles. The summed E-state index contributed by atoms with van der Waals surface area (Å²) in [6.45, 7) is 4.18. The molecule has 3 aromatic carbocycles. The molecule has 0 bridgehead atoms. The average molecular weight is 497 g/mol. The lowest BCUT2D eigenvalue weighted by Crippen LogP contribution is -2.25. The molecular weight excluding hydrogens is 475 g/mol. The van der Waals surface area contributed by atoms with E-state index in [0.717, 1.165) is 11.3 Å². The minimum absolute atomic E-state index is 0.168. The number of aryl methyl sites for hydroxylation is 2. The van der Waals surface area contributed by atoms with Crippen LogP contribution in [0.2, 0.25) is 10.0 Å². The van der Waals surface area contributed by atoms with Crippen LogP contribution in [0, 0.1) is 13.8 Å². The Hall–Kier alpha value is -2.80. The second kappa shape index (κ2) is 10.4. The van der Waals surface area contributed by atoms with Gasteiger partial charge in [-0.1, -0.05) is 83.0 Å². The number of thioether (sulfide) groups is 1. The average Bonchev–Trinajstić information content (AvgIpc) is 3.19. The topological polar surface area (TPSA) is 59.8 Å². The van der Waals surface area contributed by atoms with Gasteiger partial charge in [0.2, 0.25) is 0 Å². The maximum absolute atomic E-state index is 12.7. The van der Waals surface area contributed by atoms with Gasteiger partial charge >= 0.3 is 0 Å². The van der Waals surface area contributed by atoms with E-state index < -0.39 is 0 Å². The molecule has 0 atom stereocenters. The largest absolute Gasteiger partial charge is 0.345 e. The summed E-state index contributed by atoms with van der Waals surface area (Å²) in [5.74, 6) is 1.13. The van der Waals surface area contributed by atoms with Crippen LogP contribution < -0.4 is 5.32 Å². The molecule has 0 radical (unpaired) electrons. The fraction of sp³-hybridized carbons (Fsp3) is 0.160. The van der Waals surface area contributed by atoms with E-state index in [-0.39, 0.29) is 12.5 Å². The van der Waals surface area contributed by atoms with Crippen molar-refractivity contribution < 1.29 is 4.79 Å². The summed E-state index contributed by atoms with van der Waals surface area (Å²) in [7, 11) is 0. The Kier molecular flexibility index (Phi) is 7.38. The molecule has 0 saturated carbocycles. The molecule has 0 aliphatic carbocycles. The fourth-order valence-electron chi connectivity index (χ4n) is 3.44. The van der Waals surface area contributed by atoms with Gasteiger partial charge in [-0.15, -0.1) is 10.2 Å². The van der Waals surface area contributed by atoms with Crippen LogP contribution >= 0.6 is 35.0 Å². The maximum Gasteiger partial charge on any atom is 0.251 e. The molecule has 0 fully saturated rings. The summed E-state index contributed by atoms with van der Waals surface area (Å²) in [5, 5.41) is 13.4. The number of nitrogens with zero attached hydrogens (tertiary/aromatic N) is 3. The van der Waals surface area contributed by atoms with Gasteiger partial charge in [0.1, 0.15) is 0 Å². The van der Waals surface area contributed by atoms with Crippen molar-refractivity contribution in [3.63, 3.8) is 0 Å². The summed E-state index contributed by atoms with van der Waals surface area (Å²) in [6, 6.07) is 21.1. The Morgan fingerprint density at radius 2 is 1.82 bits per heavy atom. The second-order valence-corrected chi connectivity index (χ2v) is 9.39. The number of hydrogen-bond acceptors (Lipinski definition) is 4. The van der Waals surface area contributed by atoms with Gasteiger partial charge in [0.15, 0.2) is 11.0 Å². The van der Waals surface area contributed by atoms with Crippen LogP contribution in [0.3, 0.4) is 0 Å². The molecule has 0 unspecified atom stereocenters. The molecule has 8 heteroatoms. The first-order chi connectivity index (χ1) is 15.9. The van der Waals surface area contributed by atoms with Gasteiger partial charge in [0.25, 0.3) is 5.91 Å². The Labute approximate surface area is 207 Å². The zero-order valence-electron chi connectivity index (χ0n) is 18.2. The predicted molar refractivity (Wildman–Crippen MR) is 134 cm³/mol. The van der Waals surface area contributed by atoms with Crippen LogP contribution in [-0.4, -0.2) is 20.7 Å². The number of benzene rings is 3. The van der Waals surface area contributed by atoms with Gasteiger partial charge in [-0.2, -0.15) is 0 Å². The molecular formula is C25H22Cl2N4OS. The molecule has 0 aliphatic rings. The van der Waals surface area contributed by atoms with Crippen molar-refractivity contribution in [3.8, 4) is 5.69 Å². The smallest absolute Gasteiger partial charge is 0.251 e. The minimum atomic E-state index is -0.168. The first-order valence-electron chi connectivity index (χ1n) is 10.3. The van der Waals surface area contributed by atoms with E-state index >= 15 is 0 Å². The van der Waals surface area contributed by atoms with E-state index in [4.69, 9.17) is 23.2 Å². The summed E-state index contributed by atoms with van der Waals surface area (Å²) >= 11 is 14.2. The summed E-state index contributed by atoms with van der Waals surface area (Å²) < 4.78 is 1.87. The molecule has 168 valence electrons. The minimum Gasteiger partial charge on any atom is -0.345 e. The SMILES string of the molecule is Cc1cccc(CSc2nnc(CNC(=O)c3ccccc3C)n2-c2ccc(Cl)cc2Cl)c1. The fourth-order valence-corrected chi connectivity index (χ4v) is 4.84. The van der Waals surface area contributed by atoms with Gasteiger partial charge in [-0.25, -0.2) is 0 Å². The summed E-state index contributed by atoms with van der Waals surface area (Å²) in [4.78, 5) is 12.7. The molecule has 4 aromatic rings. The summed E-state index contributed by atoms with van der Waals surface area (Å²) in [5.41, 5.74) is 4.63. The van der Waals surface area contributed by atoms with Crippen molar-refractivity contribution in [2.75, 3.05) is 0 Å². The zero-order chi connectivity index (χ0) is 23.4. The number of carbonyl (C=O) groups excluding carboxylic acids is 1. The Balaban J connectivity index is 1.62. The van der Waals surface area contributed by atoms with Crippen molar-refractivity contribution >= 4 is 40.9 Å². The molecule has 1 heterocycles. The molecule has 1 amide bonds. The third kappa shape index (κ3) is 5.58. The van der Waals surface area contributed by atoms with Crippen LogP contribution in [0.1, 0.15) is 32.9 Å². The molecule has 0 saturated heterocycles. The van der Waals surface area contributed by atoms with Gasteiger partial charge in [-0.3, -0.25) is 9.36 Å². The van der Waals surface area contributed by atoms with Gasteiger partial charge in [-0.05, 0) is 49.2 Å². The summed E-state index contributed by atoms with van der Waals surface area (Å²) in [6.07, 6.45) is 0. The number of aromatic nitrogens is 3. The second-order valence-electron chi connectivity index (χ2n) is 7.61. The Morgan fingerprint density at radius 3 is 2.58 bits per heavy atom. The van der Waals surface area contributed by atoms with Gasteiger partial charge in [0.05, 0.1) is 17.3 Å². The Bertz CT molecular complexity index is 1310. The zero-order valence-corrected chi connectivity index (χ0v) is 20.5. The normalized spacial score (nSPS) is 10.9. The number of hydrogen-bond donors (Lipinski definition) is 1. The van der Waals surface area contributed by atoms with Crippen LogP contribution in [0.25, 0.3) is 5.69 Å². The van der Waals surface area contributed by atoms with Gasteiger partial charge in [0, 0.05) is 16.3 Å². The lowest BCUT2D eigenvalue weighted by molar-refractivity contribution is 0.0949. The van der Waals surface area contributed by atoms with Crippen molar-refractivity contribution in [2.45, 2.75) is 31.3 Å². The van der Waals surface area contributed by atoms with E-state index in [2.05, 4.69) is 40.6 Å². The standard InChI is InChI=1S/C25H22Cl2N4OS/c1-16-6-5-8-18(12-16)15-33-25-30-29-23(31(25)22-11-10-19(26)13-21(22)27)14-28-24(32)20-9-4-3-7-17(20)2/h3-13H,14-15H2,1-2H3,(H,28,32). The lowest BCUT2D eigenvalue weighted by Gasteiger charge is -2.13. The van der Waals surface area contributed by atoms with E-state index in [9.17, 15) is 4.79 Å². The highest BCUT2D eigenvalue weighted by Crippen LogP contribution is 2.31. The monoisotopic (exact) mass is 496 g/mol. The van der Waals surface area contributed by atoms with Crippen molar-refractivity contribution in [2.24, 2.45) is 0 Å². The van der Waals surface area contributed by atoms with Crippen LogP contribution in [0.5, 0.6) is 0 Å². The van der Waals surface area contributed by atoms with Crippen LogP contribution in [0.15, 0.2) is 71.9 Å². The molecule has 0 spiro atoms. The molecule has 4 rings (SSSR count). The highest BCUT2D eigenvalue weighted by molar-refractivity contribution is 7.98. The van der Waals surface area contributed by atoms with E-state index in [1.165, 1.54) is 11.1 Å². The first kappa shape index (κ1) is 23.4. The number of amides is 1. The Morgan fingerprint density at radius 1 is 1.00 bits per heavy atom. The van der Waals surface area contributed by atoms with E-state index in [1.54, 1.807) is 30.0 Å². The number of rotatable bonds is 7. The first-order valence-corrected chi connectivity index (χ1v) is 12.1. The third-order valence-electron chi connectivity index (χ3n) is 5.10. The highest BCUT2D eigenvalue weighted by Gasteiger charge is 2.18. The predicted octanol–water partition coefficient (Wildman–Crippen LogP) is 6.41. The van der Waals surface area contributed by atoms with Gasteiger partial charge < -0.3 is 5.32 Å². The molecule has 33 heavy (non-hydrogen) atoms. The maximum atomic E-state index is 12.7. The third-order valence-corrected chi connectivity index (χ3v) is 6.64. The molecule has 1 N–H and O–H groups in total. The quantitative estimate of drug-likeness (QED) is 0.300. The molecule has 5 nitrogen and oxygen atoms in total. The lowest BCUT2D eigenvalue weighted by atomic mass is 10.1.